The van der Waals surface area contributed by atoms with Crippen molar-refractivity contribution in [3.05, 3.63) is 81.6 Å². The molecule has 5 nitrogen and oxygen atoms in total. The first-order chi connectivity index (χ1) is 13.7. The average molecular weight is 408 g/mol. The molecule has 0 saturated carbocycles. The molecular formula is C21H17N3O2S2. The molecule has 2 heterocycles. The van der Waals surface area contributed by atoms with Crippen LogP contribution in [0.5, 0.6) is 5.75 Å². The predicted octanol–water partition coefficient (Wildman–Crippen LogP) is 3.65. The third kappa shape index (κ3) is 3.72. The van der Waals surface area contributed by atoms with Crippen LogP contribution in [0.2, 0.25) is 0 Å². The van der Waals surface area contributed by atoms with Gasteiger partial charge in [-0.25, -0.2) is 0 Å². The highest BCUT2D eigenvalue weighted by molar-refractivity contribution is 7.98. The smallest absolute Gasteiger partial charge is 0.291 e. The first-order valence-corrected chi connectivity index (χ1v) is 10.6. The van der Waals surface area contributed by atoms with E-state index in [-0.39, 0.29) is 5.56 Å². The number of hydrogen-bond acceptors (Lipinski definition) is 6. The third-order valence-corrected chi connectivity index (χ3v) is 5.78. The van der Waals surface area contributed by atoms with Crippen LogP contribution in [0.4, 0.5) is 0 Å². The molecule has 0 atom stereocenters. The minimum absolute atomic E-state index is 0.154. The largest absolute Gasteiger partial charge is 0.490 e. The van der Waals surface area contributed by atoms with E-state index in [0.717, 1.165) is 16.9 Å². The molecule has 0 aliphatic carbocycles. The Kier molecular flexibility index (Phi) is 5.27. The molecule has 0 aliphatic rings. The van der Waals surface area contributed by atoms with Crippen LogP contribution >= 0.6 is 23.1 Å². The van der Waals surface area contributed by atoms with Crippen LogP contribution in [0.25, 0.3) is 22.4 Å². The maximum atomic E-state index is 12.7. The fourth-order valence-corrected chi connectivity index (χ4v) is 3.98. The second-order valence-electron chi connectivity index (χ2n) is 5.94. The van der Waals surface area contributed by atoms with Gasteiger partial charge in [0.2, 0.25) is 4.96 Å². The molecule has 2 aromatic carbocycles. The number of nitrogens with zero attached hydrogens (tertiary/aromatic N) is 3. The van der Waals surface area contributed by atoms with Gasteiger partial charge in [0.15, 0.2) is 5.82 Å². The molecule has 0 saturated heterocycles. The van der Waals surface area contributed by atoms with E-state index in [2.05, 4.69) is 16.7 Å². The molecule has 0 spiro atoms. The number of thiazole rings is 1. The SMILES string of the molecule is C=CCOc1ccc(-c2nc3s/c(=C\c4ccc(SC)cc4)c(=O)n3n2)cc1. The highest BCUT2D eigenvalue weighted by Crippen LogP contribution is 2.20. The summed E-state index contributed by atoms with van der Waals surface area (Å²) in [6.45, 7) is 4.08. The Morgan fingerprint density at radius 3 is 2.57 bits per heavy atom. The van der Waals surface area contributed by atoms with E-state index in [1.165, 1.54) is 20.7 Å². The van der Waals surface area contributed by atoms with Gasteiger partial charge in [-0.1, -0.05) is 36.1 Å². The van der Waals surface area contributed by atoms with Crippen molar-refractivity contribution in [1.82, 2.24) is 14.6 Å². The van der Waals surface area contributed by atoms with E-state index >= 15 is 0 Å². The molecule has 0 unspecified atom stereocenters. The van der Waals surface area contributed by atoms with E-state index in [1.807, 2.05) is 60.9 Å². The molecule has 0 amide bonds. The Labute approximate surface area is 170 Å². The van der Waals surface area contributed by atoms with Crippen molar-refractivity contribution < 1.29 is 4.74 Å². The molecule has 28 heavy (non-hydrogen) atoms. The van der Waals surface area contributed by atoms with E-state index in [4.69, 9.17) is 4.74 Å². The van der Waals surface area contributed by atoms with Gasteiger partial charge in [-0.15, -0.1) is 16.9 Å². The highest BCUT2D eigenvalue weighted by atomic mass is 32.2. The summed E-state index contributed by atoms with van der Waals surface area (Å²) in [6.07, 6.45) is 5.60. The van der Waals surface area contributed by atoms with Crippen LogP contribution in [0.1, 0.15) is 5.56 Å². The van der Waals surface area contributed by atoms with Crippen LogP contribution < -0.4 is 14.8 Å². The van der Waals surface area contributed by atoms with Gasteiger partial charge in [0.05, 0.1) is 4.53 Å². The molecule has 4 rings (SSSR count). The molecule has 2 aromatic heterocycles. The number of fused-ring (bicyclic) bond motifs is 1. The van der Waals surface area contributed by atoms with Crippen molar-refractivity contribution in [2.24, 2.45) is 0 Å². The van der Waals surface area contributed by atoms with Gasteiger partial charge in [0, 0.05) is 10.5 Å². The zero-order valence-electron chi connectivity index (χ0n) is 15.2. The van der Waals surface area contributed by atoms with Crippen molar-refractivity contribution in [2.75, 3.05) is 12.9 Å². The number of benzene rings is 2. The van der Waals surface area contributed by atoms with Crippen molar-refractivity contribution in [1.29, 1.82) is 0 Å². The Morgan fingerprint density at radius 2 is 1.93 bits per heavy atom. The monoisotopic (exact) mass is 407 g/mol. The summed E-state index contributed by atoms with van der Waals surface area (Å²) in [5, 5.41) is 4.39. The zero-order valence-corrected chi connectivity index (χ0v) is 16.8. The van der Waals surface area contributed by atoms with Gasteiger partial charge >= 0.3 is 0 Å². The third-order valence-electron chi connectivity index (χ3n) is 4.08. The summed E-state index contributed by atoms with van der Waals surface area (Å²) in [5.41, 5.74) is 1.66. The summed E-state index contributed by atoms with van der Waals surface area (Å²) in [4.78, 5) is 19.0. The Balaban J connectivity index is 1.65. The summed E-state index contributed by atoms with van der Waals surface area (Å²) >= 11 is 3.03. The standard InChI is InChI=1S/C21H17N3O2S2/c1-3-12-26-16-8-6-15(7-9-16)19-22-21-24(23-19)20(25)18(28-21)13-14-4-10-17(27-2)11-5-14/h3-11,13H,1,12H2,2H3/b18-13-. The average Bonchev–Trinajstić information content (AvgIpc) is 3.27. The lowest BCUT2D eigenvalue weighted by Crippen LogP contribution is -2.23. The molecule has 0 fully saturated rings. The van der Waals surface area contributed by atoms with Crippen molar-refractivity contribution >= 4 is 34.1 Å². The van der Waals surface area contributed by atoms with Gasteiger partial charge in [-0.05, 0) is 54.3 Å². The Hall–Kier alpha value is -2.90. The van der Waals surface area contributed by atoms with Crippen molar-refractivity contribution in [3.8, 4) is 17.1 Å². The lowest BCUT2D eigenvalue weighted by atomic mass is 10.2. The number of ether oxygens (including phenoxy) is 1. The molecule has 0 N–H and O–H groups in total. The molecule has 140 valence electrons. The summed E-state index contributed by atoms with van der Waals surface area (Å²) in [6, 6.07) is 15.5. The highest BCUT2D eigenvalue weighted by Gasteiger charge is 2.12. The fourth-order valence-electron chi connectivity index (χ4n) is 2.66. The van der Waals surface area contributed by atoms with E-state index in [1.54, 1.807) is 17.8 Å². The predicted molar refractivity (Wildman–Crippen MR) is 115 cm³/mol. The number of aromatic nitrogens is 3. The van der Waals surface area contributed by atoms with E-state index in [9.17, 15) is 4.79 Å². The van der Waals surface area contributed by atoms with Crippen LogP contribution in [-0.4, -0.2) is 27.5 Å². The van der Waals surface area contributed by atoms with Gasteiger partial charge in [0.1, 0.15) is 12.4 Å². The first-order valence-electron chi connectivity index (χ1n) is 8.57. The lowest BCUT2D eigenvalue weighted by molar-refractivity contribution is 0.363. The minimum Gasteiger partial charge on any atom is -0.490 e. The second kappa shape index (κ2) is 8.00. The first kappa shape index (κ1) is 18.5. The normalized spacial score (nSPS) is 11.8. The number of rotatable bonds is 6. The molecule has 7 heteroatoms. The van der Waals surface area contributed by atoms with Gasteiger partial charge < -0.3 is 4.74 Å². The van der Waals surface area contributed by atoms with E-state index in [0.29, 0.717) is 21.9 Å². The van der Waals surface area contributed by atoms with Gasteiger partial charge in [-0.3, -0.25) is 4.79 Å². The van der Waals surface area contributed by atoms with Crippen molar-refractivity contribution in [2.45, 2.75) is 4.90 Å². The van der Waals surface area contributed by atoms with Crippen molar-refractivity contribution in [3.63, 3.8) is 0 Å². The van der Waals surface area contributed by atoms with Crippen LogP contribution in [0.3, 0.4) is 0 Å². The Morgan fingerprint density at radius 1 is 1.18 bits per heavy atom. The van der Waals surface area contributed by atoms with E-state index < -0.39 is 0 Å². The van der Waals surface area contributed by atoms with Gasteiger partial charge in [-0.2, -0.15) is 9.50 Å². The van der Waals surface area contributed by atoms with Crippen LogP contribution in [-0.2, 0) is 0 Å². The summed E-state index contributed by atoms with van der Waals surface area (Å²) in [5.74, 6) is 1.27. The summed E-state index contributed by atoms with van der Waals surface area (Å²) in [7, 11) is 0. The zero-order chi connectivity index (χ0) is 19.5. The number of hydrogen-bond donors (Lipinski definition) is 0. The molecule has 4 aromatic rings. The number of thioether (sulfide) groups is 1. The molecule has 0 aliphatic heterocycles. The topological polar surface area (TPSA) is 56.5 Å². The fraction of sp³-hybridized carbons (Fsp3) is 0.0952. The maximum absolute atomic E-state index is 12.7. The van der Waals surface area contributed by atoms with Gasteiger partial charge in [0.25, 0.3) is 5.56 Å². The molecule has 0 bridgehead atoms. The second-order valence-corrected chi connectivity index (χ2v) is 7.83. The Bertz CT molecular complexity index is 1230. The maximum Gasteiger partial charge on any atom is 0.291 e. The quantitative estimate of drug-likeness (QED) is 0.361. The van der Waals surface area contributed by atoms with Crippen LogP contribution in [0.15, 0.2) is 70.9 Å². The summed E-state index contributed by atoms with van der Waals surface area (Å²) < 4.78 is 7.46. The molecular weight excluding hydrogens is 390 g/mol. The van der Waals surface area contributed by atoms with Crippen LogP contribution in [0, 0.1) is 0 Å². The lowest BCUT2D eigenvalue weighted by Gasteiger charge is -2.02. The minimum atomic E-state index is -0.154. The molecule has 0 radical (unpaired) electrons.